The topological polar surface area (TPSA) is 21.7 Å². The molecular formula is C23H23NO2. The molecule has 2 atom stereocenters. The highest BCUT2D eigenvalue weighted by Gasteiger charge is 2.37. The van der Waals surface area contributed by atoms with E-state index >= 15 is 0 Å². The van der Waals surface area contributed by atoms with Crippen LogP contribution in [0.25, 0.3) is 11.1 Å². The zero-order valence-corrected chi connectivity index (χ0v) is 15.1. The van der Waals surface area contributed by atoms with E-state index in [4.69, 9.17) is 9.47 Å². The van der Waals surface area contributed by atoms with Crippen molar-refractivity contribution in [1.29, 1.82) is 0 Å². The highest BCUT2D eigenvalue weighted by molar-refractivity contribution is 5.71. The van der Waals surface area contributed by atoms with Crippen LogP contribution in [0.4, 0.5) is 5.69 Å². The van der Waals surface area contributed by atoms with E-state index in [9.17, 15) is 0 Å². The average Bonchev–Trinajstić information content (AvgIpc) is 2.71. The average molecular weight is 345 g/mol. The molecule has 3 nitrogen and oxygen atoms in total. The summed E-state index contributed by atoms with van der Waals surface area (Å²) in [7, 11) is 1.68. The molecule has 0 spiro atoms. The highest BCUT2D eigenvalue weighted by atomic mass is 16.5. The second-order valence-corrected chi connectivity index (χ2v) is 6.61. The summed E-state index contributed by atoms with van der Waals surface area (Å²) in [6.45, 7) is 3.10. The van der Waals surface area contributed by atoms with Crippen LogP contribution in [0.2, 0.25) is 0 Å². The van der Waals surface area contributed by atoms with Crippen molar-refractivity contribution in [2.24, 2.45) is 0 Å². The van der Waals surface area contributed by atoms with Crippen LogP contribution in [0.3, 0.4) is 0 Å². The van der Waals surface area contributed by atoms with Crippen LogP contribution in [0, 0.1) is 0 Å². The molecule has 0 saturated carbocycles. The van der Waals surface area contributed by atoms with Gasteiger partial charge in [-0.3, -0.25) is 0 Å². The van der Waals surface area contributed by atoms with Crippen molar-refractivity contribution in [3.8, 4) is 22.6 Å². The molecule has 1 aliphatic rings. The molecule has 3 heteroatoms. The third kappa shape index (κ3) is 3.13. The number of nitrogens with zero attached hydrogens (tertiary/aromatic N) is 1. The van der Waals surface area contributed by atoms with E-state index in [0.717, 1.165) is 29.2 Å². The van der Waals surface area contributed by atoms with Crippen molar-refractivity contribution in [2.75, 3.05) is 18.6 Å². The Balaban J connectivity index is 1.57. The van der Waals surface area contributed by atoms with Gasteiger partial charge >= 0.3 is 0 Å². The lowest BCUT2D eigenvalue weighted by Gasteiger charge is -2.47. The minimum absolute atomic E-state index is 0.157. The van der Waals surface area contributed by atoms with Crippen molar-refractivity contribution in [3.05, 3.63) is 78.9 Å². The minimum atomic E-state index is 0.157. The van der Waals surface area contributed by atoms with Crippen molar-refractivity contribution < 1.29 is 9.47 Å². The molecule has 132 valence electrons. The van der Waals surface area contributed by atoms with Gasteiger partial charge in [0.1, 0.15) is 17.6 Å². The molecule has 0 aliphatic carbocycles. The number of para-hydroxylation sites is 1. The second-order valence-electron chi connectivity index (χ2n) is 6.61. The summed E-state index contributed by atoms with van der Waals surface area (Å²) < 4.78 is 11.8. The molecule has 0 bridgehead atoms. The van der Waals surface area contributed by atoms with Crippen LogP contribution >= 0.6 is 0 Å². The number of anilines is 1. The molecule has 26 heavy (non-hydrogen) atoms. The van der Waals surface area contributed by atoms with Gasteiger partial charge in [0.2, 0.25) is 0 Å². The first-order valence-corrected chi connectivity index (χ1v) is 8.98. The van der Waals surface area contributed by atoms with Gasteiger partial charge in [-0.1, -0.05) is 48.5 Å². The fourth-order valence-electron chi connectivity index (χ4n) is 3.42. The van der Waals surface area contributed by atoms with Gasteiger partial charge in [0, 0.05) is 17.3 Å². The zero-order chi connectivity index (χ0) is 17.9. The normalized spacial score (nSPS) is 18.9. The fourth-order valence-corrected chi connectivity index (χ4v) is 3.42. The van der Waals surface area contributed by atoms with Crippen LogP contribution in [0.5, 0.6) is 11.5 Å². The fraction of sp³-hybridized carbons (Fsp3) is 0.217. The monoisotopic (exact) mass is 345 g/mol. The highest BCUT2D eigenvalue weighted by Crippen LogP contribution is 2.37. The molecule has 0 radical (unpaired) electrons. The molecule has 0 amide bonds. The van der Waals surface area contributed by atoms with E-state index in [1.807, 2.05) is 36.4 Å². The first-order valence-electron chi connectivity index (χ1n) is 8.98. The lowest BCUT2D eigenvalue weighted by atomic mass is 9.99. The Morgan fingerprint density at radius 2 is 1.58 bits per heavy atom. The summed E-state index contributed by atoms with van der Waals surface area (Å²) in [6.07, 6.45) is 0.157. The maximum Gasteiger partial charge on any atom is 0.136 e. The molecule has 2 unspecified atom stereocenters. The van der Waals surface area contributed by atoms with Gasteiger partial charge in [-0.05, 0) is 36.8 Å². The maximum absolute atomic E-state index is 6.42. The van der Waals surface area contributed by atoms with E-state index in [2.05, 4.69) is 54.3 Å². The third-order valence-corrected chi connectivity index (χ3v) is 5.05. The predicted octanol–water partition coefficient (Wildman–Crippen LogP) is 5.02. The zero-order valence-electron chi connectivity index (χ0n) is 15.1. The largest absolute Gasteiger partial charge is 0.497 e. The van der Waals surface area contributed by atoms with Crippen LogP contribution < -0.4 is 14.4 Å². The summed E-state index contributed by atoms with van der Waals surface area (Å²) >= 11 is 0. The summed E-state index contributed by atoms with van der Waals surface area (Å²) in [5.74, 6) is 1.69. The maximum atomic E-state index is 6.42. The molecule has 4 rings (SSSR count). The molecule has 1 saturated heterocycles. The van der Waals surface area contributed by atoms with E-state index < -0.39 is 0 Å². The Morgan fingerprint density at radius 1 is 0.885 bits per heavy atom. The second kappa shape index (κ2) is 7.12. The van der Waals surface area contributed by atoms with Crippen LogP contribution in [0.15, 0.2) is 78.9 Å². The van der Waals surface area contributed by atoms with Crippen LogP contribution in [-0.4, -0.2) is 25.8 Å². The van der Waals surface area contributed by atoms with E-state index in [1.165, 1.54) is 5.69 Å². The number of hydrogen-bond acceptors (Lipinski definition) is 3. The Hall–Kier alpha value is -2.94. The Labute approximate surface area is 154 Å². The molecule has 1 fully saturated rings. The lowest BCUT2D eigenvalue weighted by Crippen LogP contribution is -2.61. The Kier molecular flexibility index (Phi) is 4.53. The summed E-state index contributed by atoms with van der Waals surface area (Å²) in [5.41, 5.74) is 3.49. The van der Waals surface area contributed by atoms with Gasteiger partial charge in [-0.25, -0.2) is 0 Å². The number of methoxy groups -OCH3 is 1. The van der Waals surface area contributed by atoms with Crippen LogP contribution in [0.1, 0.15) is 6.92 Å². The smallest absolute Gasteiger partial charge is 0.136 e. The molecule has 1 heterocycles. The molecule has 3 aromatic carbocycles. The first-order chi connectivity index (χ1) is 12.8. The van der Waals surface area contributed by atoms with E-state index in [1.54, 1.807) is 7.11 Å². The quantitative estimate of drug-likeness (QED) is 0.648. The lowest BCUT2D eigenvalue weighted by molar-refractivity contribution is 0.124. The molecular weight excluding hydrogens is 322 g/mol. The third-order valence-electron chi connectivity index (χ3n) is 5.05. The van der Waals surface area contributed by atoms with Crippen LogP contribution in [-0.2, 0) is 0 Å². The van der Waals surface area contributed by atoms with E-state index in [-0.39, 0.29) is 6.10 Å². The molecule has 0 N–H and O–H groups in total. The van der Waals surface area contributed by atoms with E-state index in [0.29, 0.717) is 6.04 Å². The van der Waals surface area contributed by atoms with Gasteiger partial charge in [0.05, 0.1) is 19.7 Å². The van der Waals surface area contributed by atoms with Gasteiger partial charge in [0.15, 0.2) is 0 Å². The standard InChI is InChI=1S/C23H23NO2/c1-17-23(16-24(17)19-11-7-4-8-12-19)26-22-15-20(25-2)13-14-21(22)18-9-5-3-6-10-18/h3-15,17,23H,16H2,1-2H3. The summed E-state index contributed by atoms with van der Waals surface area (Å²) in [4.78, 5) is 2.37. The Morgan fingerprint density at radius 3 is 2.23 bits per heavy atom. The molecule has 3 aromatic rings. The number of benzene rings is 3. The van der Waals surface area contributed by atoms with Gasteiger partial charge in [-0.15, -0.1) is 0 Å². The van der Waals surface area contributed by atoms with Crippen molar-refractivity contribution in [2.45, 2.75) is 19.1 Å². The minimum Gasteiger partial charge on any atom is -0.497 e. The first kappa shape index (κ1) is 16.5. The SMILES string of the molecule is COc1ccc(-c2ccccc2)c(OC2CN(c3ccccc3)C2C)c1. The summed E-state index contributed by atoms with van der Waals surface area (Å²) in [5, 5.41) is 0. The van der Waals surface area contributed by atoms with Gasteiger partial charge < -0.3 is 14.4 Å². The van der Waals surface area contributed by atoms with Crippen molar-refractivity contribution >= 4 is 5.69 Å². The molecule has 0 aromatic heterocycles. The molecule has 1 aliphatic heterocycles. The number of hydrogen-bond donors (Lipinski definition) is 0. The van der Waals surface area contributed by atoms with Crippen molar-refractivity contribution in [1.82, 2.24) is 0 Å². The number of rotatable bonds is 5. The van der Waals surface area contributed by atoms with Gasteiger partial charge in [-0.2, -0.15) is 0 Å². The number of ether oxygens (including phenoxy) is 2. The van der Waals surface area contributed by atoms with Gasteiger partial charge in [0.25, 0.3) is 0 Å². The summed E-state index contributed by atoms with van der Waals surface area (Å²) in [6, 6.07) is 27.2. The predicted molar refractivity (Wildman–Crippen MR) is 106 cm³/mol. The Bertz CT molecular complexity index is 864. The van der Waals surface area contributed by atoms with Crippen molar-refractivity contribution in [3.63, 3.8) is 0 Å².